The van der Waals surface area contributed by atoms with E-state index in [1.54, 1.807) is 10.6 Å². The summed E-state index contributed by atoms with van der Waals surface area (Å²) in [7, 11) is 0. The molecule has 0 saturated heterocycles. The third-order valence-corrected chi connectivity index (χ3v) is 3.04. The lowest BCUT2D eigenvalue weighted by molar-refractivity contribution is 0.439. The molecule has 0 bridgehead atoms. The van der Waals surface area contributed by atoms with Crippen LogP contribution in [-0.4, -0.2) is 27.0 Å². The van der Waals surface area contributed by atoms with Crippen molar-refractivity contribution in [2.75, 3.05) is 17.6 Å². The van der Waals surface area contributed by atoms with Crippen molar-refractivity contribution in [3.63, 3.8) is 0 Å². The Labute approximate surface area is 90.8 Å². The van der Waals surface area contributed by atoms with Crippen molar-refractivity contribution in [2.24, 2.45) is 0 Å². The Balaban J connectivity index is 2.46. The normalized spacial score (nSPS) is 13.6. The third kappa shape index (κ3) is 1.72. The predicted octanol–water partition coefficient (Wildman–Crippen LogP) is 0.652. The van der Waals surface area contributed by atoms with Crippen LogP contribution in [0.25, 0.3) is 0 Å². The second-order valence-corrected chi connectivity index (χ2v) is 4.13. The summed E-state index contributed by atoms with van der Waals surface area (Å²) in [5.74, 6) is 0.592. The number of fused-ring (bicyclic) bond motifs is 1. The average Bonchev–Trinajstić information content (AvgIpc) is 2.65. The quantitative estimate of drug-likeness (QED) is 0.584. The first kappa shape index (κ1) is 10.1. The van der Waals surface area contributed by atoms with Crippen molar-refractivity contribution in [1.82, 2.24) is 9.55 Å². The lowest BCUT2D eigenvalue weighted by atomic mass is 10.4. The van der Waals surface area contributed by atoms with Gasteiger partial charge in [-0.2, -0.15) is 4.98 Å². The lowest BCUT2D eigenvalue weighted by Crippen LogP contribution is -2.24. The van der Waals surface area contributed by atoms with Crippen LogP contribution in [0, 0.1) is 0 Å². The lowest BCUT2D eigenvalue weighted by Gasteiger charge is -2.07. The first-order chi connectivity index (χ1) is 7.24. The fourth-order valence-electron chi connectivity index (χ4n) is 1.39. The maximum Gasteiger partial charge on any atom is 0.281 e. The van der Waals surface area contributed by atoms with Crippen molar-refractivity contribution < 1.29 is 5.11 Å². The van der Waals surface area contributed by atoms with Crippen LogP contribution in [0.5, 0.6) is 5.88 Å². The van der Waals surface area contributed by atoms with Gasteiger partial charge in [0.2, 0.25) is 5.88 Å². The maximum absolute atomic E-state index is 11.8. The number of hydrogen-bond acceptors (Lipinski definition) is 5. The van der Waals surface area contributed by atoms with E-state index in [0.717, 1.165) is 5.75 Å². The molecule has 80 valence electrons. The van der Waals surface area contributed by atoms with Crippen LogP contribution in [0.1, 0.15) is 0 Å². The summed E-state index contributed by atoms with van der Waals surface area (Å²) in [5.41, 5.74) is -0.0644. The topological polar surface area (TPSA) is 67.2 Å². The smallest absolute Gasteiger partial charge is 0.281 e. The number of aromatic hydroxyl groups is 1. The molecular formula is C9H11N3O2S. The molecule has 1 aliphatic rings. The van der Waals surface area contributed by atoms with Gasteiger partial charge in [-0.25, -0.2) is 0 Å². The van der Waals surface area contributed by atoms with Crippen LogP contribution < -0.4 is 10.9 Å². The summed E-state index contributed by atoms with van der Waals surface area (Å²) in [6, 6.07) is 0. The highest BCUT2D eigenvalue weighted by atomic mass is 32.2. The molecule has 0 unspecified atom stereocenters. The van der Waals surface area contributed by atoms with Crippen LogP contribution in [0.4, 0.5) is 5.69 Å². The van der Waals surface area contributed by atoms with Crippen molar-refractivity contribution in [3.05, 3.63) is 23.0 Å². The molecule has 15 heavy (non-hydrogen) atoms. The van der Waals surface area contributed by atoms with Crippen molar-refractivity contribution in [3.8, 4) is 5.88 Å². The summed E-state index contributed by atoms with van der Waals surface area (Å²) in [6.07, 6.45) is 1.62. The minimum Gasteiger partial charge on any atom is -0.492 e. The van der Waals surface area contributed by atoms with Gasteiger partial charge in [-0.05, 0) is 0 Å². The van der Waals surface area contributed by atoms with Crippen LogP contribution in [0.15, 0.2) is 22.6 Å². The summed E-state index contributed by atoms with van der Waals surface area (Å²) in [6.45, 7) is 4.61. The van der Waals surface area contributed by atoms with Gasteiger partial charge in [-0.3, -0.25) is 9.36 Å². The molecule has 0 amide bonds. The van der Waals surface area contributed by atoms with Crippen molar-refractivity contribution in [1.29, 1.82) is 0 Å². The zero-order valence-electron chi connectivity index (χ0n) is 8.06. The number of thioether (sulfide) groups is 1. The zero-order valence-corrected chi connectivity index (χ0v) is 8.88. The Kier molecular flexibility index (Phi) is 2.68. The highest BCUT2D eigenvalue weighted by Gasteiger charge is 2.19. The van der Waals surface area contributed by atoms with Crippen LogP contribution >= 0.6 is 11.8 Å². The van der Waals surface area contributed by atoms with Crippen LogP contribution in [0.2, 0.25) is 0 Å². The first-order valence-electron chi connectivity index (χ1n) is 4.55. The Morgan fingerprint density at radius 1 is 1.73 bits per heavy atom. The molecule has 5 nitrogen and oxygen atoms in total. The molecule has 0 atom stereocenters. The molecule has 2 rings (SSSR count). The van der Waals surface area contributed by atoms with Gasteiger partial charge in [0.05, 0.1) is 0 Å². The summed E-state index contributed by atoms with van der Waals surface area (Å²) in [4.78, 5) is 15.8. The molecule has 0 radical (unpaired) electrons. The Bertz CT molecular complexity index is 455. The molecule has 2 heterocycles. The monoisotopic (exact) mass is 225 g/mol. The third-order valence-electron chi connectivity index (χ3n) is 2.08. The fraction of sp³-hybridized carbons (Fsp3) is 0.333. The molecule has 0 fully saturated rings. The van der Waals surface area contributed by atoms with E-state index in [2.05, 4.69) is 16.9 Å². The van der Waals surface area contributed by atoms with Crippen molar-refractivity contribution in [2.45, 2.75) is 11.7 Å². The van der Waals surface area contributed by atoms with Crippen molar-refractivity contribution >= 4 is 17.4 Å². The molecule has 0 saturated carbocycles. The highest BCUT2D eigenvalue weighted by Crippen LogP contribution is 2.26. The van der Waals surface area contributed by atoms with E-state index in [9.17, 15) is 9.90 Å². The summed E-state index contributed by atoms with van der Waals surface area (Å²) >= 11 is 1.47. The van der Waals surface area contributed by atoms with Gasteiger partial charge in [-0.15, -0.1) is 6.58 Å². The van der Waals surface area contributed by atoms with Gasteiger partial charge < -0.3 is 10.4 Å². The molecule has 1 aromatic heterocycles. The second kappa shape index (κ2) is 3.98. The van der Waals surface area contributed by atoms with E-state index >= 15 is 0 Å². The SMILES string of the molecule is C=CCNc1c(O)nc2n(c1=O)CCS2. The molecule has 6 heteroatoms. The first-order valence-corrected chi connectivity index (χ1v) is 5.54. The van der Waals surface area contributed by atoms with E-state index in [-0.39, 0.29) is 17.1 Å². The minimum absolute atomic E-state index is 0.154. The van der Waals surface area contributed by atoms with Gasteiger partial charge >= 0.3 is 0 Å². The molecule has 0 aliphatic carbocycles. The van der Waals surface area contributed by atoms with Gasteiger partial charge in [0.15, 0.2) is 10.8 Å². The fourth-order valence-corrected chi connectivity index (χ4v) is 2.33. The van der Waals surface area contributed by atoms with Gasteiger partial charge in [0.1, 0.15) is 0 Å². The molecule has 0 spiro atoms. The number of anilines is 1. The predicted molar refractivity (Wildman–Crippen MR) is 59.6 cm³/mol. The molecule has 1 aromatic rings. The number of hydrogen-bond donors (Lipinski definition) is 2. The van der Waals surface area contributed by atoms with E-state index in [1.165, 1.54) is 11.8 Å². The zero-order chi connectivity index (χ0) is 10.8. The number of rotatable bonds is 3. The highest BCUT2D eigenvalue weighted by molar-refractivity contribution is 7.99. The van der Waals surface area contributed by atoms with Crippen LogP contribution in [0.3, 0.4) is 0 Å². The van der Waals surface area contributed by atoms with Gasteiger partial charge in [0.25, 0.3) is 5.56 Å². The summed E-state index contributed by atoms with van der Waals surface area (Å²) < 4.78 is 1.57. The van der Waals surface area contributed by atoms with E-state index in [0.29, 0.717) is 18.2 Å². The maximum atomic E-state index is 11.8. The Morgan fingerprint density at radius 3 is 3.27 bits per heavy atom. The minimum atomic E-state index is -0.234. The van der Waals surface area contributed by atoms with E-state index < -0.39 is 0 Å². The second-order valence-electron chi connectivity index (χ2n) is 3.07. The molecule has 1 aliphatic heterocycles. The Hall–Kier alpha value is -1.43. The standard InChI is InChI=1S/C9H11N3O2S/c1-2-3-10-6-7(13)11-9-12(8(6)14)4-5-15-9/h2,10,13H,1,3-5H2. The molecule has 0 aromatic carbocycles. The number of nitrogens with one attached hydrogen (secondary N) is 1. The van der Waals surface area contributed by atoms with E-state index in [1.807, 2.05) is 0 Å². The summed E-state index contributed by atoms with van der Waals surface area (Å²) in [5, 5.41) is 12.9. The van der Waals surface area contributed by atoms with Gasteiger partial charge in [-0.1, -0.05) is 17.8 Å². The molecular weight excluding hydrogens is 214 g/mol. The van der Waals surface area contributed by atoms with Gasteiger partial charge in [0, 0.05) is 18.8 Å². The Morgan fingerprint density at radius 2 is 2.53 bits per heavy atom. The van der Waals surface area contributed by atoms with Crippen LogP contribution in [-0.2, 0) is 6.54 Å². The number of nitrogens with zero attached hydrogens (tertiary/aromatic N) is 2. The van der Waals surface area contributed by atoms with E-state index in [4.69, 9.17) is 0 Å². The molecule has 2 N–H and O–H groups in total. The average molecular weight is 225 g/mol. The number of aromatic nitrogens is 2. The largest absolute Gasteiger partial charge is 0.492 e.